The predicted molar refractivity (Wildman–Crippen MR) is 70.7 cm³/mol. The van der Waals surface area contributed by atoms with Gasteiger partial charge in [0, 0.05) is 37.1 Å². The Morgan fingerprint density at radius 3 is 2.76 bits per heavy atom. The molecule has 1 saturated heterocycles. The lowest BCUT2D eigenvalue weighted by Crippen LogP contribution is -2.57. The molecule has 2 unspecified atom stereocenters. The number of aromatic amines is 1. The van der Waals surface area contributed by atoms with Crippen LogP contribution in [0.3, 0.4) is 0 Å². The van der Waals surface area contributed by atoms with E-state index in [9.17, 15) is 4.79 Å². The number of piperazine rings is 1. The normalized spacial score (nSPS) is 24.3. The molecule has 96 valence electrons. The summed E-state index contributed by atoms with van der Waals surface area (Å²) in [6.07, 6.45) is 1.82. The molecule has 0 aromatic carbocycles. The van der Waals surface area contributed by atoms with E-state index in [4.69, 9.17) is 0 Å². The third kappa shape index (κ3) is 2.64. The number of nitrogens with one attached hydrogen (secondary N) is 2. The van der Waals surface area contributed by atoms with E-state index in [1.807, 2.05) is 24.1 Å². The van der Waals surface area contributed by atoms with Crippen LogP contribution in [0.25, 0.3) is 0 Å². The van der Waals surface area contributed by atoms with Crippen LogP contribution in [0, 0.1) is 6.92 Å². The van der Waals surface area contributed by atoms with Crippen LogP contribution in [0.4, 0.5) is 0 Å². The summed E-state index contributed by atoms with van der Waals surface area (Å²) in [5, 5.41) is 3.37. The molecule has 1 fully saturated rings. The van der Waals surface area contributed by atoms with E-state index in [1.165, 1.54) is 0 Å². The number of aryl methyl sites for hydroxylation is 1. The highest BCUT2D eigenvalue weighted by molar-refractivity contribution is 5.95. The number of hydrogen-bond donors (Lipinski definition) is 2. The van der Waals surface area contributed by atoms with Crippen LogP contribution >= 0.6 is 12.4 Å². The largest absolute Gasteiger partial charge is 0.365 e. The van der Waals surface area contributed by atoms with Crippen molar-refractivity contribution in [3.8, 4) is 0 Å². The van der Waals surface area contributed by atoms with Crippen molar-refractivity contribution >= 4 is 18.3 Å². The number of amides is 1. The van der Waals surface area contributed by atoms with Gasteiger partial charge in [-0.25, -0.2) is 0 Å². The Kier molecular flexibility index (Phi) is 4.60. The Hall–Kier alpha value is -1.00. The van der Waals surface area contributed by atoms with Crippen molar-refractivity contribution in [2.45, 2.75) is 32.9 Å². The lowest BCUT2D eigenvalue weighted by Gasteiger charge is -2.38. The molecule has 0 radical (unpaired) electrons. The monoisotopic (exact) mass is 257 g/mol. The maximum atomic E-state index is 12.3. The van der Waals surface area contributed by atoms with Gasteiger partial charge in [0.1, 0.15) is 0 Å². The Balaban J connectivity index is 0.00000144. The Morgan fingerprint density at radius 2 is 2.18 bits per heavy atom. The molecule has 0 bridgehead atoms. The van der Waals surface area contributed by atoms with Crippen LogP contribution in [-0.4, -0.2) is 41.0 Å². The van der Waals surface area contributed by atoms with Crippen LogP contribution < -0.4 is 5.32 Å². The van der Waals surface area contributed by atoms with E-state index >= 15 is 0 Å². The fraction of sp³-hybridized carbons (Fsp3) is 0.583. The molecule has 1 aromatic heterocycles. The zero-order valence-electron chi connectivity index (χ0n) is 10.5. The molecule has 1 aromatic rings. The van der Waals surface area contributed by atoms with Crippen molar-refractivity contribution in [1.29, 1.82) is 0 Å². The topological polar surface area (TPSA) is 48.1 Å². The zero-order valence-corrected chi connectivity index (χ0v) is 11.3. The minimum Gasteiger partial charge on any atom is -0.365 e. The third-order valence-electron chi connectivity index (χ3n) is 3.48. The smallest absolute Gasteiger partial charge is 0.256 e. The van der Waals surface area contributed by atoms with Crippen molar-refractivity contribution in [2.24, 2.45) is 0 Å². The SMILES string of the molecule is Cc1[nH]ccc1C(=O)N1CCNC(C)C1C.Cl. The van der Waals surface area contributed by atoms with Crippen LogP contribution in [0.1, 0.15) is 29.9 Å². The predicted octanol–water partition coefficient (Wildman–Crippen LogP) is 1.57. The van der Waals surface area contributed by atoms with Gasteiger partial charge in [-0.15, -0.1) is 12.4 Å². The van der Waals surface area contributed by atoms with Crippen LogP contribution in [0.2, 0.25) is 0 Å². The number of carbonyl (C=O) groups excluding carboxylic acids is 1. The van der Waals surface area contributed by atoms with E-state index < -0.39 is 0 Å². The fourth-order valence-corrected chi connectivity index (χ4v) is 2.18. The highest BCUT2D eigenvalue weighted by atomic mass is 35.5. The van der Waals surface area contributed by atoms with E-state index in [0.717, 1.165) is 24.3 Å². The number of nitrogens with zero attached hydrogens (tertiary/aromatic N) is 1. The highest BCUT2D eigenvalue weighted by Gasteiger charge is 2.29. The average molecular weight is 258 g/mol. The number of hydrogen-bond acceptors (Lipinski definition) is 2. The molecular weight excluding hydrogens is 238 g/mol. The van der Waals surface area contributed by atoms with E-state index in [-0.39, 0.29) is 24.4 Å². The van der Waals surface area contributed by atoms with Crippen LogP contribution in [0.15, 0.2) is 12.3 Å². The van der Waals surface area contributed by atoms with Gasteiger partial charge < -0.3 is 15.2 Å². The summed E-state index contributed by atoms with van der Waals surface area (Å²) in [6.45, 7) is 7.81. The van der Waals surface area contributed by atoms with E-state index in [0.29, 0.717) is 6.04 Å². The summed E-state index contributed by atoms with van der Waals surface area (Å²) in [5.74, 6) is 0.139. The molecule has 2 rings (SSSR count). The summed E-state index contributed by atoms with van der Waals surface area (Å²) in [5.41, 5.74) is 1.74. The number of halogens is 1. The zero-order chi connectivity index (χ0) is 11.7. The van der Waals surface area contributed by atoms with Crippen molar-refractivity contribution in [3.63, 3.8) is 0 Å². The lowest BCUT2D eigenvalue weighted by atomic mass is 10.1. The van der Waals surface area contributed by atoms with Gasteiger partial charge in [0.25, 0.3) is 5.91 Å². The molecule has 2 heterocycles. The molecule has 1 amide bonds. The van der Waals surface area contributed by atoms with Gasteiger partial charge in [-0.3, -0.25) is 4.79 Å². The van der Waals surface area contributed by atoms with Crippen molar-refractivity contribution in [3.05, 3.63) is 23.5 Å². The molecule has 5 heteroatoms. The third-order valence-corrected chi connectivity index (χ3v) is 3.48. The summed E-state index contributed by atoms with van der Waals surface area (Å²) in [4.78, 5) is 17.3. The van der Waals surface area contributed by atoms with Crippen molar-refractivity contribution in [2.75, 3.05) is 13.1 Å². The first kappa shape index (κ1) is 14.1. The van der Waals surface area contributed by atoms with Gasteiger partial charge in [-0.05, 0) is 26.8 Å². The molecule has 1 aliphatic rings. The highest BCUT2D eigenvalue weighted by Crippen LogP contribution is 2.15. The molecule has 1 aliphatic heterocycles. The van der Waals surface area contributed by atoms with Gasteiger partial charge in [-0.1, -0.05) is 0 Å². The first-order valence-electron chi connectivity index (χ1n) is 5.79. The molecular formula is C12H20ClN3O. The summed E-state index contributed by atoms with van der Waals surface area (Å²) in [6, 6.07) is 2.46. The van der Waals surface area contributed by atoms with Crippen LogP contribution in [0.5, 0.6) is 0 Å². The van der Waals surface area contributed by atoms with E-state index in [1.54, 1.807) is 0 Å². The quantitative estimate of drug-likeness (QED) is 0.802. The summed E-state index contributed by atoms with van der Waals surface area (Å²) in [7, 11) is 0. The van der Waals surface area contributed by atoms with Gasteiger partial charge in [0.15, 0.2) is 0 Å². The Labute approximate surface area is 108 Å². The standard InChI is InChI=1S/C12H19N3O.ClH/c1-8-10(3)15(7-6-14-8)12(16)11-4-5-13-9(11)2;/h4-5,8,10,13-14H,6-7H2,1-3H3;1H. The minimum atomic E-state index is 0. The van der Waals surface area contributed by atoms with Gasteiger partial charge >= 0.3 is 0 Å². The Bertz CT molecular complexity index is 391. The number of rotatable bonds is 1. The lowest BCUT2D eigenvalue weighted by molar-refractivity contribution is 0.0602. The molecule has 0 saturated carbocycles. The van der Waals surface area contributed by atoms with Crippen LogP contribution in [-0.2, 0) is 0 Å². The second kappa shape index (κ2) is 5.56. The van der Waals surface area contributed by atoms with Gasteiger partial charge in [0.05, 0.1) is 5.56 Å². The summed E-state index contributed by atoms with van der Waals surface area (Å²) >= 11 is 0. The number of carbonyl (C=O) groups is 1. The van der Waals surface area contributed by atoms with Gasteiger partial charge in [0.2, 0.25) is 0 Å². The molecule has 2 atom stereocenters. The maximum Gasteiger partial charge on any atom is 0.256 e. The molecule has 17 heavy (non-hydrogen) atoms. The van der Waals surface area contributed by atoms with E-state index in [2.05, 4.69) is 24.1 Å². The number of H-pyrrole nitrogens is 1. The fourth-order valence-electron chi connectivity index (χ4n) is 2.18. The first-order chi connectivity index (χ1) is 7.61. The average Bonchev–Trinajstić information content (AvgIpc) is 2.68. The summed E-state index contributed by atoms with van der Waals surface area (Å²) < 4.78 is 0. The van der Waals surface area contributed by atoms with Crippen molar-refractivity contribution < 1.29 is 4.79 Å². The number of aromatic nitrogens is 1. The Morgan fingerprint density at radius 1 is 1.47 bits per heavy atom. The van der Waals surface area contributed by atoms with Gasteiger partial charge in [-0.2, -0.15) is 0 Å². The maximum absolute atomic E-state index is 12.3. The molecule has 4 nitrogen and oxygen atoms in total. The molecule has 0 aliphatic carbocycles. The first-order valence-corrected chi connectivity index (χ1v) is 5.79. The second-order valence-electron chi connectivity index (χ2n) is 4.50. The van der Waals surface area contributed by atoms with Crippen molar-refractivity contribution in [1.82, 2.24) is 15.2 Å². The minimum absolute atomic E-state index is 0. The molecule has 0 spiro atoms. The molecule has 2 N–H and O–H groups in total. The second-order valence-corrected chi connectivity index (χ2v) is 4.50.